The van der Waals surface area contributed by atoms with Gasteiger partial charge >= 0.3 is 5.97 Å². The third-order valence-electron chi connectivity index (χ3n) is 6.85. The molecule has 1 fully saturated rings. The van der Waals surface area contributed by atoms with Crippen LogP contribution in [0.5, 0.6) is 0 Å². The Bertz CT molecular complexity index is 1160. The van der Waals surface area contributed by atoms with Crippen LogP contribution in [0.4, 0.5) is 8.78 Å². The number of halogens is 2. The first-order valence-electron chi connectivity index (χ1n) is 12.4. The lowest BCUT2D eigenvalue weighted by Crippen LogP contribution is -2.24. The van der Waals surface area contributed by atoms with Crippen LogP contribution in [0.2, 0.25) is 0 Å². The van der Waals surface area contributed by atoms with Crippen molar-refractivity contribution in [2.75, 3.05) is 25.2 Å². The number of benzene rings is 2. The highest BCUT2D eigenvalue weighted by atomic mass is 32.2. The summed E-state index contributed by atoms with van der Waals surface area (Å²) in [6.45, 7) is 0.928. The molecule has 1 aliphatic rings. The molecule has 4 rings (SSSR count). The molecule has 0 radical (unpaired) electrons. The molecular weight excluding hydrogens is 482 g/mol. The summed E-state index contributed by atoms with van der Waals surface area (Å²) in [5.41, 5.74) is 3.39. The Kier molecular flexibility index (Phi) is 9.15. The summed E-state index contributed by atoms with van der Waals surface area (Å²) in [4.78, 5) is 10.7. The van der Waals surface area contributed by atoms with Gasteiger partial charge in [-0.15, -0.1) is 0 Å². The summed E-state index contributed by atoms with van der Waals surface area (Å²) in [6, 6.07) is 14.0. The van der Waals surface area contributed by atoms with Gasteiger partial charge < -0.3 is 9.84 Å². The molecule has 1 aromatic heterocycles. The normalized spacial score (nSPS) is 17.9. The average molecular weight is 515 g/mol. The van der Waals surface area contributed by atoms with Crippen LogP contribution in [0, 0.1) is 23.5 Å². The van der Waals surface area contributed by atoms with Crippen LogP contribution >= 0.6 is 11.8 Å². The number of carbonyl (C=O) groups is 1. The number of nitrogens with zero attached hydrogens (tertiary/aromatic N) is 2. The van der Waals surface area contributed by atoms with E-state index < -0.39 is 17.6 Å². The van der Waals surface area contributed by atoms with E-state index in [1.807, 2.05) is 41.3 Å². The maximum absolute atomic E-state index is 15.1. The first-order chi connectivity index (χ1) is 17.5. The van der Waals surface area contributed by atoms with Crippen LogP contribution in [0.15, 0.2) is 48.5 Å². The molecule has 5 nitrogen and oxygen atoms in total. The summed E-state index contributed by atoms with van der Waals surface area (Å²) >= 11 is 1.71. The van der Waals surface area contributed by atoms with Gasteiger partial charge in [0.15, 0.2) is 11.6 Å². The first kappa shape index (κ1) is 26.4. The maximum Gasteiger partial charge on any atom is 0.329 e. The summed E-state index contributed by atoms with van der Waals surface area (Å²) < 4.78 is 36.7. The van der Waals surface area contributed by atoms with Crippen molar-refractivity contribution < 1.29 is 23.4 Å². The summed E-state index contributed by atoms with van der Waals surface area (Å²) in [7, 11) is 0. The fraction of sp³-hybridized carbons (Fsp3) is 0.429. The number of carboxylic acid groups (broad SMARTS) is 1. The van der Waals surface area contributed by atoms with Crippen molar-refractivity contribution in [3.8, 4) is 22.4 Å². The maximum atomic E-state index is 15.1. The van der Waals surface area contributed by atoms with Crippen molar-refractivity contribution in [1.29, 1.82) is 0 Å². The number of hydrogen-bond acceptors (Lipinski definition) is 4. The number of thioether (sulfide) groups is 1. The minimum atomic E-state index is -0.945. The highest BCUT2D eigenvalue weighted by Crippen LogP contribution is 2.38. The zero-order valence-electron chi connectivity index (χ0n) is 20.5. The molecular formula is C28H32F2N2O3S. The minimum absolute atomic E-state index is 0.246. The first-order valence-corrected chi connectivity index (χ1v) is 13.7. The van der Waals surface area contributed by atoms with Crippen molar-refractivity contribution >= 4 is 17.7 Å². The van der Waals surface area contributed by atoms with Crippen molar-refractivity contribution in [1.82, 2.24) is 9.78 Å². The molecule has 3 aromatic rings. The Balaban J connectivity index is 1.64. The molecule has 8 heteroatoms. The lowest BCUT2D eigenvalue weighted by atomic mass is 9.82. The second-order valence-corrected chi connectivity index (χ2v) is 10.3. The SMILES string of the molecule is CSCCc1c(-c2cccc(F)c2F)c(-c2ccccc2)nn1CC1CCC(COCC(=O)O)CC1. The molecule has 192 valence electrons. The van der Waals surface area contributed by atoms with Gasteiger partial charge in [-0.25, -0.2) is 13.6 Å². The van der Waals surface area contributed by atoms with Gasteiger partial charge in [-0.3, -0.25) is 4.68 Å². The molecule has 0 atom stereocenters. The van der Waals surface area contributed by atoms with Crippen molar-refractivity contribution in [3.63, 3.8) is 0 Å². The van der Waals surface area contributed by atoms with Gasteiger partial charge in [-0.1, -0.05) is 42.5 Å². The van der Waals surface area contributed by atoms with Crippen molar-refractivity contribution in [2.24, 2.45) is 11.8 Å². The van der Waals surface area contributed by atoms with E-state index in [0.717, 1.165) is 48.8 Å². The number of hydrogen-bond donors (Lipinski definition) is 1. The Morgan fingerprint density at radius 3 is 2.50 bits per heavy atom. The topological polar surface area (TPSA) is 64.4 Å². The molecule has 1 saturated carbocycles. The molecule has 36 heavy (non-hydrogen) atoms. The molecule has 0 bridgehead atoms. The van der Waals surface area contributed by atoms with E-state index in [1.54, 1.807) is 23.9 Å². The summed E-state index contributed by atoms with van der Waals surface area (Å²) in [5.74, 6) is -1.04. The van der Waals surface area contributed by atoms with Crippen LogP contribution in [-0.2, 0) is 22.5 Å². The molecule has 0 spiro atoms. The quantitative estimate of drug-likeness (QED) is 0.325. The number of rotatable bonds is 11. The van der Waals surface area contributed by atoms with E-state index in [4.69, 9.17) is 14.9 Å². The predicted octanol–water partition coefficient (Wildman–Crippen LogP) is 6.31. The predicted molar refractivity (Wildman–Crippen MR) is 139 cm³/mol. The lowest BCUT2D eigenvalue weighted by molar-refractivity contribution is -0.142. The van der Waals surface area contributed by atoms with Crippen LogP contribution < -0.4 is 0 Å². The van der Waals surface area contributed by atoms with E-state index in [0.29, 0.717) is 42.7 Å². The fourth-order valence-electron chi connectivity index (χ4n) is 5.02. The lowest BCUT2D eigenvalue weighted by Gasteiger charge is -2.28. The standard InChI is InChI=1S/C28H32F2N2O3S/c1-36-15-14-24-26(22-8-5-9-23(29)27(22)30)28(21-6-3-2-4-7-21)31-32(24)16-19-10-12-20(13-11-19)17-35-18-25(33)34/h2-9,19-20H,10-18H2,1H3,(H,33,34). The van der Waals surface area contributed by atoms with Gasteiger partial charge in [0.25, 0.3) is 0 Å². The average Bonchev–Trinajstić information content (AvgIpc) is 3.23. The molecule has 0 aliphatic heterocycles. The van der Waals surface area contributed by atoms with E-state index in [-0.39, 0.29) is 12.2 Å². The van der Waals surface area contributed by atoms with Crippen LogP contribution in [0.3, 0.4) is 0 Å². The highest BCUT2D eigenvalue weighted by Gasteiger charge is 2.27. The second-order valence-electron chi connectivity index (χ2n) is 9.36. The van der Waals surface area contributed by atoms with Crippen molar-refractivity contribution in [3.05, 3.63) is 65.9 Å². The van der Waals surface area contributed by atoms with E-state index in [9.17, 15) is 9.18 Å². The number of aromatic nitrogens is 2. The minimum Gasteiger partial charge on any atom is -0.480 e. The monoisotopic (exact) mass is 514 g/mol. The van der Waals surface area contributed by atoms with Crippen LogP contribution in [-0.4, -0.2) is 46.1 Å². The summed E-state index contributed by atoms with van der Waals surface area (Å²) in [6.07, 6.45) is 6.67. The Morgan fingerprint density at radius 1 is 1.08 bits per heavy atom. The molecule has 0 saturated heterocycles. The molecule has 0 unspecified atom stereocenters. The molecule has 2 aromatic carbocycles. The summed E-state index contributed by atoms with van der Waals surface area (Å²) in [5, 5.41) is 13.8. The Morgan fingerprint density at radius 2 is 1.81 bits per heavy atom. The highest BCUT2D eigenvalue weighted by molar-refractivity contribution is 7.98. The van der Waals surface area contributed by atoms with Gasteiger partial charge in [0, 0.05) is 28.9 Å². The van der Waals surface area contributed by atoms with Gasteiger partial charge in [0.1, 0.15) is 12.3 Å². The molecule has 1 heterocycles. The smallest absolute Gasteiger partial charge is 0.329 e. The Labute approximate surface area is 214 Å². The van der Waals surface area contributed by atoms with E-state index in [1.165, 1.54) is 0 Å². The van der Waals surface area contributed by atoms with Crippen LogP contribution in [0.25, 0.3) is 22.4 Å². The fourth-order valence-corrected chi connectivity index (χ4v) is 5.41. The third-order valence-corrected chi connectivity index (χ3v) is 7.46. The van der Waals surface area contributed by atoms with Crippen LogP contribution in [0.1, 0.15) is 31.4 Å². The van der Waals surface area contributed by atoms with Gasteiger partial charge in [0.05, 0.1) is 6.61 Å². The molecule has 1 aliphatic carbocycles. The van der Waals surface area contributed by atoms with E-state index >= 15 is 4.39 Å². The molecule has 0 amide bonds. The zero-order chi connectivity index (χ0) is 25.5. The van der Waals surface area contributed by atoms with Crippen molar-refractivity contribution in [2.45, 2.75) is 38.6 Å². The third kappa shape index (κ3) is 6.34. The number of ether oxygens (including phenoxy) is 1. The molecule has 1 N–H and O–H groups in total. The Hall–Kier alpha value is -2.71. The second kappa shape index (κ2) is 12.5. The zero-order valence-corrected chi connectivity index (χ0v) is 21.3. The number of aliphatic carboxylic acids is 1. The van der Waals surface area contributed by atoms with Gasteiger partial charge in [-0.05, 0) is 62.0 Å². The largest absolute Gasteiger partial charge is 0.480 e. The van der Waals surface area contributed by atoms with E-state index in [2.05, 4.69) is 0 Å². The van der Waals surface area contributed by atoms with Gasteiger partial charge in [0.2, 0.25) is 0 Å². The van der Waals surface area contributed by atoms with Gasteiger partial charge in [-0.2, -0.15) is 16.9 Å². The number of carboxylic acids is 1.